The number of hydrogen-bond donors (Lipinski definition) is 0. The molecule has 0 aromatic rings. The Morgan fingerprint density at radius 3 is 2.67 bits per heavy atom. The number of ether oxygens (including phenoxy) is 1. The highest BCUT2D eigenvalue weighted by atomic mass is 16.6. The van der Waals surface area contributed by atoms with Crippen LogP contribution in [0.3, 0.4) is 0 Å². The van der Waals surface area contributed by atoms with Crippen molar-refractivity contribution >= 4 is 12.3 Å². The van der Waals surface area contributed by atoms with Crippen molar-refractivity contribution < 1.29 is 14.1 Å². The molecule has 15 heavy (non-hydrogen) atoms. The normalized spacial score (nSPS) is 16.5. The zero-order chi connectivity index (χ0) is 11.5. The molecular formula is C11H21N2O2+. The average molecular weight is 213 g/mol. The van der Waals surface area contributed by atoms with Crippen molar-refractivity contribution in [1.29, 1.82) is 0 Å². The topological polar surface area (TPSA) is 32.5 Å². The molecule has 0 amide bonds. The van der Waals surface area contributed by atoms with Gasteiger partial charge in [0.05, 0.1) is 6.54 Å². The summed E-state index contributed by atoms with van der Waals surface area (Å²) in [6, 6.07) is 0. The molecule has 0 aromatic heterocycles. The quantitative estimate of drug-likeness (QED) is 0.511. The summed E-state index contributed by atoms with van der Waals surface area (Å²) < 4.78 is 7.25. The summed E-state index contributed by atoms with van der Waals surface area (Å²) in [6.45, 7) is 11.0. The van der Waals surface area contributed by atoms with Gasteiger partial charge in [0, 0.05) is 0 Å². The van der Waals surface area contributed by atoms with Crippen LogP contribution < -0.4 is 0 Å². The lowest BCUT2D eigenvalue weighted by atomic mass is 10.2. The lowest BCUT2D eigenvalue weighted by Crippen LogP contribution is -2.30. The molecule has 0 atom stereocenters. The minimum atomic E-state index is -0.388. The summed E-state index contributed by atoms with van der Waals surface area (Å²) in [6.07, 6.45) is 2.00. The molecule has 1 rings (SSSR count). The van der Waals surface area contributed by atoms with Crippen LogP contribution in [0.1, 0.15) is 27.7 Å². The van der Waals surface area contributed by atoms with E-state index in [-0.39, 0.29) is 11.6 Å². The van der Waals surface area contributed by atoms with E-state index >= 15 is 0 Å². The van der Waals surface area contributed by atoms with Crippen molar-refractivity contribution in [3.63, 3.8) is 0 Å². The van der Waals surface area contributed by atoms with Gasteiger partial charge in [-0.05, 0) is 27.7 Å². The number of carbonyl (C=O) groups excluding carboxylic acids is 1. The van der Waals surface area contributed by atoms with E-state index in [0.717, 1.165) is 19.6 Å². The zero-order valence-electron chi connectivity index (χ0n) is 10.1. The van der Waals surface area contributed by atoms with Gasteiger partial charge >= 0.3 is 5.97 Å². The molecule has 0 fully saturated rings. The molecule has 0 N–H and O–H groups in total. The van der Waals surface area contributed by atoms with Crippen LogP contribution in [0.5, 0.6) is 0 Å². The fraction of sp³-hybridized carbons (Fsp3) is 0.818. The Hall–Kier alpha value is -1.06. The molecule has 0 unspecified atom stereocenters. The molecule has 0 radical (unpaired) electrons. The fourth-order valence-electron chi connectivity index (χ4n) is 1.50. The van der Waals surface area contributed by atoms with E-state index in [0.29, 0.717) is 6.54 Å². The van der Waals surface area contributed by atoms with Crippen molar-refractivity contribution in [3.05, 3.63) is 0 Å². The minimum absolute atomic E-state index is 0.156. The van der Waals surface area contributed by atoms with Gasteiger partial charge in [0.2, 0.25) is 6.34 Å². The summed E-state index contributed by atoms with van der Waals surface area (Å²) in [7, 11) is 0. The monoisotopic (exact) mass is 213 g/mol. The predicted octanol–water partition coefficient (Wildman–Crippen LogP) is 0.704. The Labute approximate surface area is 91.5 Å². The Bertz CT molecular complexity index is 266. The molecular weight excluding hydrogens is 192 g/mol. The Balaban J connectivity index is 2.39. The maximum atomic E-state index is 11.5. The van der Waals surface area contributed by atoms with E-state index in [2.05, 4.69) is 11.8 Å². The maximum Gasteiger partial charge on any atom is 0.348 e. The summed E-state index contributed by atoms with van der Waals surface area (Å²) in [5, 5.41) is 0. The summed E-state index contributed by atoms with van der Waals surface area (Å²) in [4.78, 5) is 13.7. The van der Waals surface area contributed by atoms with Crippen LogP contribution in [0.15, 0.2) is 0 Å². The molecule has 0 saturated heterocycles. The first kappa shape index (κ1) is 12.0. The third kappa shape index (κ3) is 4.32. The van der Waals surface area contributed by atoms with E-state index < -0.39 is 0 Å². The van der Waals surface area contributed by atoms with E-state index in [1.165, 1.54) is 0 Å². The molecule has 4 heteroatoms. The van der Waals surface area contributed by atoms with Crippen LogP contribution in [0.2, 0.25) is 0 Å². The first-order valence-corrected chi connectivity index (χ1v) is 5.45. The van der Waals surface area contributed by atoms with Crippen LogP contribution >= 0.6 is 0 Å². The van der Waals surface area contributed by atoms with Crippen molar-refractivity contribution in [2.24, 2.45) is 0 Å². The van der Waals surface area contributed by atoms with Gasteiger partial charge in [0.1, 0.15) is 18.7 Å². The minimum Gasteiger partial charge on any atom is -0.457 e. The van der Waals surface area contributed by atoms with Crippen molar-refractivity contribution in [2.75, 3.05) is 26.2 Å². The van der Waals surface area contributed by atoms with Gasteiger partial charge in [0.15, 0.2) is 6.54 Å². The summed E-state index contributed by atoms with van der Waals surface area (Å²) >= 11 is 0. The van der Waals surface area contributed by atoms with Gasteiger partial charge in [-0.3, -0.25) is 9.48 Å². The van der Waals surface area contributed by atoms with Crippen molar-refractivity contribution in [3.8, 4) is 0 Å². The second kappa shape index (κ2) is 4.64. The van der Waals surface area contributed by atoms with E-state index in [4.69, 9.17) is 4.74 Å². The number of hydrogen-bond acceptors (Lipinski definition) is 3. The molecule has 0 aliphatic carbocycles. The Morgan fingerprint density at radius 1 is 1.53 bits per heavy atom. The number of nitrogens with zero attached hydrogens (tertiary/aromatic N) is 2. The van der Waals surface area contributed by atoms with Crippen LogP contribution in [0, 0.1) is 0 Å². The molecule has 0 aromatic carbocycles. The number of esters is 1. The molecule has 0 bridgehead atoms. The van der Waals surface area contributed by atoms with E-state index in [1.54, 1.807) is 0 Å². The molecule has 86 valence electrons. The molecule has 1 heterocycles. The second-order valence-electron chi connectivity index (χ2n) is 4.80. The van der Waals surface area contributed by atoms with Crippen molar-refractivity contribution in [2.45, 2.75) is 33.3 Å². The molecule has 1 aliphatic heterocycles. The zero-order valence-corrected chi connectivity index (χ0v) is 10.1. The molecule has 1 aliphatic rings. The third-order valence-corrected chi connectivity index (χ3v) is 2.16. The molecule has 0 spiro atoms. The highest BCUT2D eigenvalue weighted by Gasteiger charge is 2.22. The average Bonchev–Trinajstić information content (AvgIpc) is 2.48. The van der Waals surface area contributed by atoms with E-state index in [9.17, 15) is 4.79 Å². The highest BCUT2D eigenvalue weighted by molar-refractivity contribution is 5.71. The van der Waals surface area contributed by atoms with Gasteiger partial charge in [-0.25, -0.2) is 4.79 Å². The largest absolute Gasteiger partial charge is 0.457 e. The van der Waals surface area contributed by atoms with Crippen molar-refractivity contribution in [1.82, 2.24) is 4.90 Å². The highest BCUT2D eigenvalue weighted by Crippen LogP contribution is 2.07. The molecule has 0 saturated carbocycles. The maximum absolute atomic E-state index is 11.5. The number of carbonyl (C=O) groups is 1. The van der Waals surface area contributed by atoms with Crippen LogP contribution in [-0.4, -0.2) is 53.6 Å². The SMILES string of the molecule is CCN1C=[N+](CC(=O)OC(C)(C)C)CC1. The lowest BCUT2D eigenvalue weighted by Gasteiger charge is -2.18. The summed E-state index contributed by atoms with van der Waals surface area (Å²) in [5.74, 6) is -0.156. The Kier molecular flexibility index (Phi) is 3.72. The second-order valence-corrected chi connectivity index (χ2v) is 4.80. The standard InChI is InChI=1S/C11H21N2O2/c1-5-12-6-7-13(9-12)8-10(14)15-11(2,3)4/h9H,5-8H2,1-4H3/q+1. The lowest BCUT2D eigenvalue weighted by molar-refractivity contribution is -0.504. The van der Waals surface area contributed by atoms with Crippen LogP contribution in [-0.2, 0) is 9.53 Å². The fourth-order valence-corrected chi connectivity index (χ4v) is 1.50. The van der Waals surface area contributed by atoms with Gasteiger partial charge in [-0.2, -0.15) is 0 Å². The van der Waals surface area contributed by atoms with Gasteiger partial charge in [-0.1, -0.05) is 0 Å². The third-order valence-electron chi connectivity index (χ3n) is 2.16. The van der Waals surface area contributed by atoms with Crippen LogP contribution in [0.25, 0.3) is 0 Å². The van der Waals surface area contributed by atoms with Gasteiger partial charge in [0.25, 0.3) is 0 Å². The first-order valence-electron chi connectivity index (χ1n) is 5.45. The van der Waals surface area contributed by atoms with Gasteiger partial charge < -0.3 is 4.74 Å². The predicted molar refractivity (Wildman–Crippen MR) is 59.2 cm³/mol. The van der Waals surface area contributed by atoms with Crippen LogP contribution in [0.4, 0.5) is 0 Å². The smallest absolute Gasteiger partial charge is 0.348 e. The number of likely N-dealkylation sites (N-methyl/N-ethyl adjacent to an activating group) is 1. The summed E-state index contributed by atoms with van der Waals surface area (Å²) in [5.41, 5.74) is -0.388. The Morgan fingerprint density at radius 2 is 2.20 bits per heavy atom. The molecule has 4 nitrogen and oxygen atoms in total. The van der Waals surface area contributed by atoms with E-state index in [1.807, 2.05) is 31.7 Å². The first-order chi connectivity index (χ1) is 6.90. The number of rotatable bonds is 3. The van der Waals surface area contributed by atoms with Gasteiger partial charge in [-0.15, -0.1) is 0 Å².